The molecule has 0 aromatic heterocycles. The third kappa shape index (κ3) is 3.56. The highest BCUT2D eigenvalue weighted by atomic mass is 16.5. The number of ether oxygens (including phenoxy) is 1. The third-order valence-corrected chi connectivity index (χ3v) is 2.78. The van der Waals surface area contributed by atoms with E-state index in [2.05, 4.69) is 25.2 Å². The van der Waals surface area contributed by atoms with Crippen LogP contribution in [0.15, 0.2) is 24.3 Å². The number of rotatable bonds is 6. The van der Waals surface area contributed by atoms with Crippen LogP contribution < -0.4 is 5.32 Å². The van der Waals surface area contributed by atoms with Crippen LogP contribution in [0.4, 0.5) is 0 Å². The fourth-order valence-electron chi connectivity index (χ4n) is 1.86. The summed E-state index contributed by atoms with van der Waals surface area (Å²) in [6.07, 6.45) is 1.90. The Morgan fingerprint density at radius 2 is 2.06 bits per heavy atom. The molecule has 94 valence electrons. The second-order valence-corrected chi connectivity index (χ2v) is 3.96. The molecule has 0 aliphatic heterocycles. The van der Waals surface area contributed by atoms with Crippen molar-refractivity contribution < 1.29 is 9.53 Å². The van der Waals surface area contributed by atoms with Gasteiger partial charge in [0.25, 0.3) is 0 Å². The predicted molar refractivity (Wildman–Crippen MR) is 68.9 cm³/mol. The number of methoxy groups -OCH3 is 1. The standard InChI is InChI=1S/C14H21NO2/c1-4-10-15-13(14(16)17-3)12-9-7-6-8-11(12)5-2/h6-9,13,15H,4-5,10H2,1-3H3. The van der Waals surface area contributed by atoms with Crippen LogP contribution in [0.25, 0.3) is 0 Å². The van der Waals surface area contributed by atoms with Gasteiger partial charge in [0.1, 0.15) is 6.04 Å². The van der Waals surface area contributed by atoms with Crippen molar-refractivity contribution in [2.45, 2.75) is 32.7 Å². The Kier molecular flexibility index (Phi) is 5.70. The van der Waals surface area contributed by atoms with Crippen LogP contribution in [0.3, 0.4) is 0 Å². The van der Waals surface area contributed by atoms with Crippen LogP contribution in [0.1, 0.15) is 37.4 Å². The molecule has 0 radical (unpaired) electrons. The first-order valence-electron chi connectivity index (χ1n) is 6.13. The molecule has 0 saturated heterocycles. The second-order valence-electron chi connectivity index (χ2n) is 3.96. The molecule has 3 heteroatoms. The van der Waals surface area contributed by atoms with E-state index >= 15 is 0 Å². The van der Waals surface area contributed by atoms with E-state index in [0.29, 0.717) is 0 Å². The lowest BCUT2D eigenvalue weighted by Crippen LogP contribution is -2.31. The lowest BCUT2D eigenvalue weighted by molar-refractivity contribution is -0.143. The second kappa shape index (κ2) is 7.07. The van der Waals surface area contributed by atoms with Crippen LogP contribution in [-0.2, 0) is 16.0 Å². The smallest absolute Gasteiger partial charge is 0.327 e. The molecule has 1 rings (SSSR count). The summed E-state index contributed by atoms with van der Waals surface area (Å²) in [4.78, 5) is 11.8. The van der Waals surface area contributed by atoms with Crippen molar-refractivity contribution in [2.75, 3.05) is 13.7 Å². The van der Waals surface area contributed by atoms with Crippen molar-refractivity contribution in [1.82, 2.24) is 5.32 Å². The largest absolute Gasteiger partial charge is 0.468 e. The number of esters is 1. The van der Waals surface area contributed by atoms with Crippen LogP contribution in [0.5, 0.6) is 0 Å². The van der Waals surface area contributed by atoms with Crippen molar-refractivity contribution in [2.24, 2.45) is 0 Å². The monoisotopic (exact) mass is 235 g/mol. The maximum absolute atomic E-state index is 11.8. The zero-order valence-corrected chi connectivity index (χ0v) is 10.8. The van der Waals surface area contributed by atoms with Gasteiger partial charge in [0.2, 0.25) is 0 Å². The number of benzene rings is 1. The molecule has 1 aromatic carbocycles. The maximum Gasteiger partial charge on any atom is 0.327 e. The van der Waals surface area contributed by atoms with E-state index in [9.17, 15) is 4.79 Å². The number of nitrogens with one attached hydrogen (secondary N) is 1. The molecule has 0 fully saturated rings. The summed E-state index contributed by atoms with van der Waals surface area (Å²) in [7, 11) is 1.43. The number of aryl methyl sites for hydroxylation is 1. The van der Waals surface area contributed by atoms with Crippen molar-refractivity contribution in [1.29, 1.82) is 0 Å². The minimum Gasteiger partial charge on any atom is -0.468 e. The molecule has 0 aliphatic carbocycles. The van der Waals surface area contributed by atoms with Gasteiger partial charge in [-0.15, -0.1) is 0 Å². The quantitative estimate of drug-likeness (QED) is 0.770. The molecule has 1 unspecified atom stereocenters. The van der Waals surface area contributed by atoms with Gasteiger partial charge in [-0.05, 0) is 30.5 Å². The topological polar surface area (TPSA) is 38.3 Å². The van der Waals surface area contributed by atoms with Crippen molar-refractivity contribution in [3.63, 3.8) is 0 Å². The average Bonchev–Trinajstić information content (AvgIpc) is 2.39. The molecule has 1 atom stereocenters. The predicted octanol–water partition coefficient (Wildman–Crippen LogP) is 2.46. The fourth-order valence-corrected chi connectivity index (χ4v) is 1.86. The number of carbonyl (C=O) groups is 1. The Balaban J connectivity index is 2.98. The van der Waals surface area contributed by atoms with Crippen LogP contribution in [-0.4, -0.2) is 19.6 Å². The SMILES string of the molecule is CCCNC(C(=O)OC)c1ccccc1CC. The first-order chi connectivity index (χ1) is 8.24. The minimum atomic E-state index is -0.351. The summed E-state index contributed by atoms with van der Waals surface area (Å²) < 4.78 is 4.86. The Morgan fingerprint density at radius 1 is 1.35 bits per heavy atom. The Hall–Kier alpha value is -1.35. The lowest BCUT2D eigenvalue weighted by Gasteiger charge is -2.19. The highest BCUT2D eigenvalue weighted by Crippen LogP contribution is 2.20. The minimum absolute atomic E-state index is 0.223. The van der Waals surface area contributed by atoms with Gasteiger partial charge in [-0.2, -0.15) is 0 Å². The molecule has 0 aliphatic rings. The van der Waals surface area contributed by atoms with E-state index in [0.717, 1.165) is 24.9 Å². The highest BCUT2D eigenvalue weighted by molar-refractivity contribution is 5.78. The van der Waals surface area contributed by atoms with Gasteiger partial charge >= 0.3 is 5.97 Å². The molecular formula is C14H21NO2. The van der Waals surface area contributed by atoms with Gasteiger partial charge < -0.3 is 10.1 Å². The van der Waals surface area contributed by atoms with E-state index < -0.39 is 0 Å². The lowest BCUT2D eigenvalue weighted by atomic mass is 9.98. The Labute approximate surface area is 103 Å². The molecule has 0 heterocycles. The molecular weight excluding hydrogens is 214 g/mol. The van der Waals surface area contributed by atoms with Crippen molar-refractivity contribution in [3.05, 3.63) is 35.4 Å². The molecule has 1 N–H and O–H groups in total. The van der Waals surface area contributed by atoms with Gasteiger partial charge in [0.05, 0.1) is 7.11 Å². The fraction of sp³-hybridized carbons (Fsp3) is 0.500. The summed E-state index contributed by atoms with van der Waals surface area (Å²) in [5.41, 5.74) is 2.21. The van der Waals surface area contributed by atoms with Gasteiger partial charge in [0.15, 0.2) is 0 Å². The first-order valence-corrected chi connectivity index (χ1v) is 6.13. The zero-order valence-electron chi connectivity index (χ0n) is 10.8. The van der Waals surface area contributed by atoms with Crippen LogP contribution in [0.2, 0.25) is 0 Å². The van der Waals surface area contributed by atoms with E-state index in [-0.39, 0.29) is 12.0 Å². The normalized spacial score (nSPS) is 12.2. The van der Waals surface area contributed by atoms with Gasteiger partial charge in [-0.3, -0.25) is 0 Å². The Bertz CT molecular complexity index is 363. The molecule has 0 saturated carbocycles. The molecule has 0 spiro atoms. The zero-order chi connectivity index (χ0) is 12.7. The summed E-state index contributed by atoms with van der Waals surface area (Å²) in [5.74, 6) is -0.223. The third-order valence-electron chi connectivity index (χ3n) is 2.78. The van der Waals surface area contributed by atoms with Crippen molar-refractivity contribution >= 4 is 5.97 Å². The van der Waals surface area contributed by atoms with E-state index in [1.165, 1.54) is 12.7 Å². The van der Waals surface area contributed by atoms with Gasteiger partial charge in [-0.25, -0.2) is 4.79 Å². The number of hydrogen-bond acceptors (Lipinski definition) is 3. The maximum atomic E-state index is 11.8. The molecule has 1 aromatic rings. The summed E-state index contributed by atoms with van der Waals surface area (Å²) >= 11 is 0. The number of hydrogen-bond donors (Lipinski definition) is 1. The highest BCUT2D eigenvalue weighted by Gasteiger charge is 2.22. The van der Waals surface area contributed by atoms with E-state index in [1.54, 1.807) is 0 Å². The van der Waals surface area contributed by atoms with Crippen molar-refractivity contribution in [3.8, 4) is 0 Å². The van der Waals surface area contributed by atoms with Gasteiger partial charge in [-0.1, -0.05) is 38.1 Å². The Morgan fingerprint density at radius 3 is 2.65 bits per heavy atom. The molecule has 3 nitrogen and oxygen atoms in total. The molecule has 0 amide bonds. The van der Waals surface area contributed by atoms with Crippen LogP contribution >= 0.6 is 0 Å². The van der Waals surface area contributed by atoms with E-state index in [1.807, 2.05) is 18.2 Å². The van der Waals surface area contributed by atoms with E-state index in [4.69, 9.17) is 4.74 Å². The number of carbonyl (C=O) groups excluding carboxylic acids is 1. The summed E-state index contributed by atoms with van der Waals surface area (Å²) in [6.45, 7) is 4.97. The first kappa shape index (κ1) is 13.7. The van der Waals surface area contributed by atoms with Gasteiger partial charge in [0, 0.05) is 0 Å². The molecule has 0 bridgehead atoms. The molecule has 17 heavy (non-hydrogen) atoms. The summed E-state index contributed by atoms with van der Waals surface area (Å²) in [6, 6.07) is 7.65. The summed E-state index contributed by atoms with van der Waals surface area (Å²) in [5, 5.41) is 3.24. The van der Waals surface area contributed by atoms with Crippen LogP contribution in [0, 0.1) is 0 Å². The average molecular weight is 235 g/mol.